The fourth-order valence-corrected chi connectivity index (χ4v) is 4.84. The zero-order valence-corrected chi connectivity index (χ0v) is 15.3. The van der Waals surface area contributed by atoms with Crippen molar-refractivity contribution in [3.05, 3.63) is 60.2 Å². The molecule has 0 radical (unpaired) electrons. The highest BCUT2D eigenvalue weighted by Crippen LogP contribution is 2.40. The molecule has 1 saturated carbocycles. The Hall–Kier alpha value is -2.00. The number of phenolic OH excluding ortho intramolecular Hbond substituents is 1. The number of ether oxygens (including phenoxy) is 1. The molecular weight excluding hydrogens is 322 g/mol. The van der Waals surface area contributed by atoms with Crippen molar-refractivity contribution in [3.63, 3.8) is 0 Å². The van der Waals surface area contributed by atoms with Gasteiger partial charge in [0.15, 0.2) is 0 Å². The van der Waals surface area contributed by atoms with Gasteiger partial charge >= 0.3 is 0 Å². The number of nitrogens with one attached hydrogen (secondary N) is 1. The third-order valence-electron chi connectivity index (χ3n) is 6.22. The van der Waals surface area contributed by atoms with E-state index in [2.05, 4.69) is 35.6 Å². The van der Waals surface area contributed by atoms with Gasteiger partial charge in [0.05, 0.1) is 6.61 Å². The van der Waals surface area contributed by atoms with E-state index >= 15 is 0 Å². The maximum atomic E-state index is 9.35. The molecule has 2 aromatic carbocycles. The molecule has 1 heterocycles. The van der Waals surface area contributed by atoms with E-state index in [0.717, 1.165) is 43.1 Å². The van der Waals surface area contributed by atoms with E-state index in [0.29, 0.717) is 6.04 Å². The summed E-state index contributed by atoms with van der Waals surface area (Å²) in [7, 11) is 0. The average molecular weight is 351 g/mol. The summed E-state index contributed by atoms with van der Waals surface area (Å²) in [5.74, 6) is 3.46. The molecule has 1 aliphatic heterocycles. The zero-order chi connectivity index (χ0) is 17.8. The van der Waals surface area contributed by atoms with Gasteiger partial charge in [-0.2, -0.15) is 0 Å². The number of hydrogen-bond donors (Lipinski definition) is 2. The van der Waals surface area contributed by atoms with E-state index in [1.807, 2.05) is 12.1 Å². The Balaban J connectivity index is 1.28. The van der Waals surface area contributed by atoms with Gasteiger partial charge in [-0.1, -0.05) is 30.3 Å². The highest BCUT2D eigenvalue weighted by molar-refractivity contribution is 5.30. The normalized spacial score (nSPS) is 27.8. The van der Waals surface area contributed by atoms with E-state index in [1.54, 1.807) is 12.1 Å². The molecule has 4 rings (SSSR count). The maximum Gasteiger partial charge on any atom is 0.119 e. The van der Waals surface area contributed by atoms with Gasteiger partial charge < -0.3 is 15.2 Å². The monoisotopic (exact) mass is 351 g/mol. The van der Waals surface area contributed by atoms with Gasteiger partial charge in [-0.15, -0.1) is 0 Å². The van der Waals surface area contributed by atoms with Crippen LogP contribution in [0.4, 0.5) is 0 Å². The Kier molecular flexibility index (Phi) is 5.45. The van der Waals surface area contributed by atoms with Crippen molar-refractivity contribution in [2.75, 3.05) is 13.2 Å². The summed E-state index contributed by atoms with van der Waals surface area (Å²) in [5.41, 5.74) is 1.48. The summed E-state index contributed by atoms with van der Waals surface area (Å²) in [6.07, 6.45) is 6.33. The first-order valence-electron chi connectivity index (χ1n) is 9.97. The van der Waals surface area contributed by atoms with Crippen LogP contribution in [0.1, 0.15) is 31.2 Å². The highest BCUT2D eigenvalue weighted by Gasteiger charge is 2.39. The number of hydrogen-bond acceptors (Lipinski definition) is 3. The largest absolute Gasteiger partial charge is 0.508 e. The van der Waals surface area contributed by atoms with Gasteiger partial charge in [-0.25, -0.2) is 0 Å². The molecule has 0 aromatic heterocycles. The van der Waals surface area contributed by atoms with Crippen LogP contribution >= 0.6 is 0 Å². The summed E-state index contributed by atoms with van der Waals surface area (Å²) in [6.45, 7) is 1.88. The van der Waals surface area contributed by atoms with E-state index in [4.69, 9.17) is 4.74 Å². The molecule has 4 atom stereocenters. The molecule has 2 aromatic rings. The molecule has 138 valence electrons. The molecule has 2 fully saturated rings. The lowest BCUT2D eigenvalue weighted by Crippen LogP contribution is -2.34. The molecule has 3 heteroatoms. The van der Waals surface area contributed by atoms with E-state index in [9.17, 15) is 5.11 Å². The van der Waals surface area contributed by atoms with Crippen LogP contribution in [0.15, 0.2) is 54.6 Å². The minimum Gasteiger partial charge on any atom is -0.508 e. The van der Waals surface area contributed by atoms with Crippen LogP contribution in [0.25, 0.3) is 0 Å². The van der Waals surface area contributed by atoms with Crippen LogP contribution in [0.3, 0.4) is 0 Å². The minimum absolute atomic E-state index is 0.284. The lowest BCUT2D eigenvalue weighted by atomic mass is 9.72. The molecule has 0 amide bonds. The average Bonchev–Trinajstić information content (AvgIpc) is 3.07. The molecule has 0 spiro atoms. The van der Waals surface area contributed by atoms with Gasteiger partial charge in [-0.05, 0) is 86.2 Å². The van der Waals surface area contributed by atoms with Crippen molar-refractivity contribution in [2.24, 2.45) is 17.8 Å². The Bertz CT molecular complexity index is 685. The Morgan fingerprint density at radius 2 is 1.81 bits per heavy atom. The number of rotatable bonds is 6. The number of benzene rings is 2. The summed E-state index contributed by atoms with van der Waals surface area (Å²) in [5, 5.41) is 13.1. The Labute approximate surface area is 156 Å². The first-order valence-corrected chi connectivity index (χ1v) is 9.97. The molecule has 1 saturated heterocycles. The van der Waals surface area contributed by atoms with E-state index in [1.165, 1.54) is 31.2 Å². The molecule has 0 bridgehead atoms. The fourth-order valence-electron chi connectivity index (χ4n) is 4.84. The second-order valence-electron chi connectivity index (χ2n) is 7.94. The zero-order valence-electron chi connectivity index (χ0n) is 15.3. The standard InChI is InChI=1S/C23H29NO2/c25-20-7-9-21(10-8-20)26-13-12-19-16-24-23-11-6-18(15-22(19)23)14-17-4-2-1-3-5-17/h1-5,7-10,18-19,22-25H,6,11-16H2. The van der Waals surface area contributed by atoms with Crippen molar-refractivity contribution in [1.29, 1.82) is 0 Å². The Morgan fingerprint density at radius 3 is 2.62 bits per heavy atom. The van der Waals surface area contributed by atoms with Crippen molar-refractivity contribution in [2.45, 2.75) is 38.1 Å². The first kappa shape index (κ1) is 17.4. The van der Waals surface area contributed by atoms with Crippen molar-refractivity contribution in [1.82, 2.24) is 5.32 Å². The van der Waals surface area contributed by atoms with Crippen LogP contribution in [0, 0.1) is 17.8 Å². The molecule has 4 unspecified atom stereocenters. The molecule has 26 heavy (non-hydrogen) atoms. The predicted molar refractivity (Wildman–Crippen MR) is 104 cm³/mol. The van der Waals surface area contributed by atoms with Crippen molar-refractivity contribution in [3.8, 4) is 11.5 Å². The lowest BCUT2D eigenvalue weighted by molar-refractivity contribution is 0.185. The van der Waals surface area contributed by atoms with Crippen LogP contribution in [-0.2, 0) is 6.42 Å². The molecule has 2 aliphatic rings. The molecular formula is C23H29NO2. The van der Waals surface area contributed by atoms with Crippen LogP contribution in [0.5, 0.6) is 11.5 Å². The number of aromatic hydroxyl groups is 1. The van der Waals surface area contributed by atoms with Gasteiger partial charge in [0.25, 0.3) is 0 Å². The molecule has 1 aliphatic carbocycles. The summed E-state index contributed by atoms with van der Waals surface area (Å²) >= 11 is 0. The summed E-state index contributed by atoms with van der Waals surface area (Å²) in [4.78, 5) is 0. The smallest absolute Gasteiger partial charge is 0.119 e. The highest BCUT2D eigenvalue weighted by atomic mass is 16.5. The molecule has 2 N–H and O–H groups in total. The van der Waals surface area contributed by atoms with Crippen molar-refractivity contribution < 1.29 is 9.84 Å². The second-order valence-corrected chi connectivity index (χ2v) is 7.94. The van der Waals surface area contributed by atoms with Crippen molar-refractivity contribution >= 4 is 0 Å². The Morgan fingerprint density at radius 1 is 1.00 bits per heavy atom. The SMILES string of the molecule is Oc1ccc(OCCC2CNC3CCC(Cc4ccccc4)CC23)cc1. The summed E-state index contributed by atoms with van der Waals surface area (Å²) in [6, 6.07) is 18.7. The number of phenols is 1. The first-order chi connectivity index (χ1) is 12.8. The van der Waals surface area contributed by atoms with Crippen LogP contribution in [0.2, 0.25) is 0 Å². The topological polar surface area (TPSA) is 41.5 Å². The quantitative estimate of drug-likeness (QED) is 0.810. The van der Waals surface area contributed by atoms with Crippen LogP contribution in [-0.4, -0.2) is 24.3 Å². The second kappa shape index (κ2) is 8.13. The van der Waals surface area contributed by atoms with Gasteiger partial charge in [-0.3, -0.25) is 0 Å². The molecule has 3 nitrogen and oxygen atoms in total. The lowest BCUT2D eigenvalue weighted by Gasteiger charge is -2.34. The van der Waals surface area contributed by atoms with Gasteiger partial charge in [0.2, 0.25) is 0 Å². The third-order valence-corrected chi connectivity index (χ3v) is 6.22. The minimum atomic E-state index is 0.284. The third kappa shape index (κ3) is 4.21. The van der Waals surface area contributed by atoms with E-state index in [-0.39, 0.29) is 5.75 Å². The van der Waals surface area contributed by atoms with E-state index < -0.39 is 0 Å². The predicted octanol–water partition coefficient (Wildman–Crippen LogP) is 4.41. The number of fused-ring (bicyclic) bond motifs is 1. The van der Waals surface area contributed by atoms with Gasteiger partial charge in [0, 0.05) is 6.04 Å². The van der Waals surface area contributed by atoms with Gasteiger partial charge in [0.1, 0.15) is 11.5 Å². The van der Waals surface area contributed by atoms with Crippen LogP contribution < -0.4 is 10.1 Å². The fraction of sp³-hybridized carbons (Fsp3) is 0.478. The summed E-state index contributed by atoms with van der Waals surface area (Å²) < 4.78 is 5.89. The maximum absolute atomic E-state index is 9.35.